The summed E-state index contributed by atoms with van der Waals surface area (Å²) in [6.07, 6.45) is 4.50. The van der Waals surface area contributed by atoms with Crippen molar-refractivity contribution in [2.75, 3.05) is 0 Å². The maximum atomic E-state index is 11.0. The van der Waals surface area contributed by atoms with Crippen LogP contribution in [0.3, 0.4) is 0 Å². The Bertz CT molecular complexity index is 604. The van der Waals surface area contributed by atoms with Crippen molar-refractivity contribution in [2.45, 2.75) is 25.7 Å². The molecule has 0 amide bonds. The molecule has 0 saturated carbocycles. The number of nitrogens with zero attached hydrogens (tertiary/aromatic N) is 1. The Morgan fingerprint density at radius 1 is 1.12 bits per heavy atom. The van der Waals surface area contributed by atoms with Gasteiger partial charge in [0, 0.05) is 5.39 Å². The van der Waals surface area contributed by atoms with Crippen LogP contribution in [0.1, 0.15) is 34.5 Å². The quantitative estimate of drug-likeness (QED) is 0.815. The van der Waals surface area contributed by atoms with Crippen molar-refractivity contribution in [3.8, 4) is 0 Å². The molecule has 86 valence electrons. The summed E-state index contributed by atoms with van der Waals surface area (Å²) >= 11 is 0. The van der Waals surface area contributed by atoms with Gasteiger partial charge in [-0.05, 0) is 42.9 Å². The van der Waals surface area contributed by atoms with Crippen LogP contribution < -0.4 is 0 Å². The van der Waals surface area contributed by atoms with Gasteiger partial charge in [0.25, 0.3) is 0 Å². The monoisotopic (exact) mass is 227 g/mol. The Kier molecular flexibility index (Phi) is 2.32. The van der Waals surface area contributed by atoms with Crippen molar-refractivity contribution in [3.63, 3.8) is 0 Å². The van der Waals surface area contributed by atoms with Gasteiger partial charge >= 0.3 is 5.97 Å². The normalized spacial score (nSPS) is 14.6. The molecule has 1 aromatic heterocycles. The highest BCUT2D eigenvalue weighted by molar-refractivity contribution is 5.91. The molecule has 3 rings (SSSR count). The molecule has 1 heterocycles. The van der Waals surface area contributed by atoms with Crippen LogP contribution in [0, 0.1) is 0 Å². The fourth-order valence-corrected chi connectivity index (χ4v) is 2.54. The molecule has 1 aliphatic carbocycles. The molecular weight excluding hydrogens is 214 g/mol. The molecule has 0 fully saturated rings. The topological polar surface area (TPSA) is 50.2 Å². The minimum absolute atomic E-state index is 0.136. The molecule has 0 atom stereocenters. The first-order valence-electron chi connectivity index (χ1n) is 5.90. The van der Waals surface area contributed by atoms with Gasteiger partial charge in [-0.15, -0.1) is 0 Å². The minimum atomic E-state index is -0.958. The fourth-order valence-electron chi connectivity index (χ4n) is 2.54. The Morgan fingerprint density at radius 2 is 1.88 bits per heavy atom. The summed E-state index contributed by atoms with van der Waals surface area (Å²) in [7, 11) is 0. The molecule has 1 N–H and O–H groups in total. The van der Waals surface area contributed by atoms with Gasteiger partial charge in [0.05, 0.1) is 5.52 Å². The summed E-state index contributed by atoms with van der Waals surface area (Å²) in [5.74, 6) is -0.958. The average molecular weight is 227 g/mol. The lowest BCUT2D eigenvalue weighted by Crippen LogP contribution is -2.06. The van der Waals surface area contributed by atoms with Crippen LogP contribution in [0.15, 0.2) is 24.3 Å². The molecule has 0 aliphatic heterocycles. The fraction of sp³-hybridized carbons (Fsp3) is 0.286. The molecule has 2 aromatic rings. The van der Waals surface area contributed by atoms with E-state index in [9.17, 15) is 4.79 Å². The number of benzene rings is 1. The zero-order valence-electron chi connectivity index (χ0n) is 9.44. The Balaban J connectivity index is 2.28. The first-order valence-corrected chi connectivity index (χ1v) is 5.90. The van der Waals surface area contributed by atoms with Gasteiger partial charge in [-0.3, -0.25) is 0 Å². The van der Waals surface area contributed by atoms with E-state index in [0.717, 1.165) is 23.7 Å². The standard InChI is InChI=1S/C14H13NO2/c16-14(17)12-8-7-10-6-5-9-3-1-2-4-11(9)13(10)15-12/h5-8H,1-4H2,(H,16,17). The molecule has 3 nitrogen and oxygen atoms in total. The number of carbonyl (C=O) groups is 1. The lowest BCUT2D eigenvalue weighted by Gasteiger charge is -2.17. The number of rotatable bonds is 1. The Labute approximate surface area is 99.1 Å². The Morgan fingerprint density at radius 3 is 2.71 bits per heavy atom. The third-order valence-corrected chi connectivity index (χ3v) is 3.41. The van der Waals surface area contributed by atoms with Crippen LogP contribution in [0.25, 0.3) is 10.9 Å². The average Bonchev–Trinajstić information content (AvgIpc) is 2.38. The minimum Gasteiger partial charge on any atom is -0.477 e. The van der Waals surface area contributed by atoms with Crippen molar-refractivity contribution >= 4 is 16.9 Å². The SMILES string of the molecule is O=C(O)c1ccc2ccc3c(c2n1)CCCC3. The number of hydrogen-bond donors (Lipinski definition) is 1. The van der Waals surface area contributed by atoms with E-state index in [1.165, 1.54) is 24.0 Å². The first-order chi connectivity index (χ1) is 8.25. The van der Waals surface area contributed by atoms with Crippen LogP contribution in [-0.4, -0.2) is 16.1 Å². The second-order valence-electron chi connectivity index (χ2n) is 4.48. The molecule has 0 radical (unpaired) electrons. The predicted molar refractivity (Wildman–Crippen MR) is 65.3 cm³/mol. The van der Waals surface area contributed by atoms with Gasteiger partial charge in [0.15, 0.2) is 0 Å². The summed E-state index contributed by atoms with van der Waals surface area (Å²) in [4.78, 5) is 15.2. The van der Waals surface area contributed by atoms with Gasteiger partial charge in [0.2, 0.25) is 0 Å². The van der Waals surface area contributed by atoms with E-state index in [1.54, 1.807) is 6.07 Å². The van der Waals surface area contributed by atoms with E-state index in [4.69, 9.17) is 5.11 Å². The highest BCUT2D eigenvalue weighted by atomic mass is 16.4. The van der Waals surface area contributed by atoms with Gasteiger partial charge in [-0.25, -0.2) is 9.78 Å². The van der Waals surface area contributed by atoms with Gasteiger partial charge in [-0.2, -0.15) is 0 Å². The van der Waals surface area contributed by atoms with E-state index >= 15 is 0 Å². The van der Waals surface area contributed by atoms with Crippen molar-refractivity contribution in [2.24, 2.45) is 0 Å². The Hall–Kier alpha value is -1.90. The highest BCUT2D eigenvalue weighted by Crippen LogP contribution is 2.27. The van der Waals surface area contributed by atoms with E-state index in [1.807, 2.05) is 12.1 Å². The smallest absolute Gasteiger partial charge is 0.354 e. The van der Waals surface area contributed by atoms with Crippen molar-refractivity contribution in [1.29, 1.82) is 0 Å². The van der Waals surface area contributed by atoms with E-state index < -0.39 is 5.97 Å². The third kappa shape index (κ3) is 1.68. The molecule has 17 heavy (non-hydrogen) atoms. The molecule has 0 bridgehead atoms. The zero-order chi connectivity index (χ0) is 11.8. The van der Waals surface area contributed by atoms with Crippen LogP contribution in [0.2, 0.25) is 0 Å². The van der Waals surface area contributed by atoms with E-state index in [-0.39, 0.29) is 5.69 Å². The largest absolute Gasteiger partial charge is 0.477 e. The first kappa shape index (κ1) is 10.3. The zero-order valence-corrected chi connectivity index (χ0v) is 9.44. The molecule has 1 aromatic carbocycles. The molecule has 0 saturated heterocycles. The van der Waals surface area contributed by atoms with Gasteiger partial charge in [-0.1, -0.05) is 18.2 Å². The second kappa shape index (κ2) is 3.84. The predicted octanol–water partition coefficient (Wildman–Crippen LogP) is 2.81. The number of aromatic carboxylic acids is 1. The summed E-state index contributed by atoms with van der Waals surface area (Å²) in [5.41, 5.74) is 3.59. The molecule has 3 heteroatoms. The summed E-state index contributed by atoms with van der Waals surface area (Å²) in [5, 5.41) is 10.0. The van der Waals surface area contributed by atoms with E-state index in [2.05, 4.69) is 11.1 Å². The van der Waals surface area contributed by atoms with E-state index in [0.29, 0.717) is 0 Å². The maximum Gasteiger partial charge on any atom is 0.354 e. The molecule has 1 aliphatic rings. The lowest BCUT2D eigenvalue weighted by molar-refractivity contribution is 0.0691. The van der Waals surface area contributed by atoms with Gasteiger partial charge in [0.1, 0.15) is 5.69 Å². The van der Waals surface area contributed by atoms with Crippen molar-refractivity contribution < 1.29 is 9.90 Å². The van der Waals surface area contributed by atoms with Crippen LogP contribution in [0.4, 0.5) is 0 Å². The highest BCUT2D eigenvalue weighted by Gasteiger charge is 2.14. The summed E-state index contributed by atoms with van der Waals surface area (Å²) in [6, 6.07) is 7.61. The van der Waals surface area contributed by atoms with Crippen molar-refractivity contribution in [1.82, 2.24) is 4.98 Å². The number of fused-ring (bicyclic) bond motifs is 3. The summed E-state index contributed by atoms with van der Waals surface area (Å²) < 4.78 is 0. The molecule has 0 unspecified atom stereocenters. The number of aromatic nitrogens is 1. The lowest BCUT2D eigenvalue weighted by atomic mass is 9.89. The molecule has 0 spiro atoms. The number of carboxylic acid groups (broad SMARTS) is 1. The molecular formula is C14H13NO2. The van der Waals surface area contributed by atoms with Gasteiger partial charge < -0.3 is 5.11 Å². The van der Waals surface area contributed by atoms with Crippen LogP contribution in [-0.2, 0) is 12.8 Å². The number of hydrogen-bond acceptors (Lipinski definition) is 2. The summed E-state index contributed by atoms with van der Waals surface area (Å²) in [6.45, 7) is 0. The van der Waals surface area contributed by atoms with Crippen LogP contribution in [0.5, 0.6) is 0 Å². The second-order valence-corrected chi connectivity index (χ2v) is 4.48. The number of carboxylic acids is 1. The number of aryl methyl sites for hydroxylation is 2. The number of pyridine rings is 1. The third-order valence-electron chi connectivity index (χ3n) is 3.41. The van der Waals surface area contributed by atoms with Crippen LogP contribution >= 0.6 is 0 Å². The maximum absolute atomic E-state index is 11.0. The van der Waals surface area contributed by atoms with Crippen molar-refractivity contribution in [3.05, 3.63) is 41.1 Å².